The Morgan fingerprint density at radius 1 is 0.933 bits per heavy atom. The number of carbonyl (C=O) groups is 1. The number of piperazine rings is 1. The number of anilines is 2. The van der Waals surface area contributed by atoms with Gasteiger partial charge < -0.3 is 14.4 Å². The highest BCUT2D eigenvalue weighted by molar-refractivity contribution is 7.71. The van der Waals surface area contributed by atoms with Crippen LogP contribution in [0.15, 0.2) is 60.7 Å². The average molecular weight is 419 g/mol. The van der Waals surface area contributed by atoms with Crippen LogP contribution < -0.4 is 9.80 Å². The molecule has 30 heavy (non-hydrogen) atoms. The molecule has 0 bridgehead atoms. The fraction of sp³-hybridized carbons (Fsp3) is 0.292. The number of hydrogen-bond acceptors (Lipinski definition) is 5. The Kier molecular flexibility index (Phi) is 5.95. The summed E-state index contributed by atoms with van der Waals surface area (Å²) in [5, 5.41) is 0. The number of Topliss-reactive ketones (excluding diaryl/α,β-unsaturated/α-hetero) is 1. The first-order valence-corrected chi connectivity index (χ1v) is 10.7. The predicted octanol–water partition coefficient (Wildman–Crippen LogP) is 4.50. The maximum Gasteiger partial charge on any atom is 0.201 e. The van der Waals surface area contributed by atoms with Crippen molar-refractivity contribution in [1.29, 1.82) is 0 Å². The molecule has 1 aliphatic heterocycles. The van der Waals surface area contributed by atoms with Crippen LogP contribution >= 0.6 is 12.2 Å². The van der Waals surface area contributed by atoms with Crippen LogP contribution in [0.5, 0.6) is 0 Å². The van der Waals surface area contributed by atoms with Gasteiger partial charge in [0.25, 0.3) is 0 Å². The summed E-state index contributed by atoms with van der Waals surface area (Å²) in [6.45, 7) is 7.57. The summed E-state index contributed by atoms with van der Waals surface area (Å²) in [5.41, 5.74) is 3.92. The van der Waals surface area contributed by atoms with Gasteiger partial charge in [0.05, 0.1) is 12.1 Å². The van der Waals surface area contributed by atoms with E-state index in [-0.39, 0.29) is 5.78 Å². The Morgan fingerprint density at radius 2 is 1.50 bits per heavy atom. The lowest BCUT2D eigenvalue weighted by Crippen LogP contribution is -2.47. The van der Waals surface area contributed by atoms with Gasteiger partial charge in [0.2, 0.25) is 4.77 Å². The quantitative estimate of drug-likeness (QED) is 0.451. The van der Waals surface area contributed by atoms with Crippen molar-refractivity contribution in [3.05, 3.63) is 82.3 Å². The van der Waals surface area contributed by atoms with E-state index >= 15 is 0 Å². The number of para-hydroxylation sites is 1. The molecule has 2 heterocycles. The van der Waals surface area contributed by atoms with Crippen molar-refractivity contribution >= 4 is 29.5 Å². The monoisotopic (exact) mass is 418 g/mol. The first-order valence-electron chi connectivity index (χ1n) is 10.3. The van der Waals surface area contributed by atoms with E-state index in [2.05, 4.69) is 46.2 Å². The first-order chi connectivity index (χ1) is 14.5. The van der Waals surface area contributed by atoms with Crippen LogP contribution in [0.1, 0.15) is 28.5 Å². The van der Waals surface area contributed by atoms with Crippen molar-refractivity contribution in [2.75, 3.05) is 36.0 Å². The maximum absolute atomic E-state index is 12.6. The molecule has 0 N–H and O–H groups in total. The Bertz CT molecular complexity index is 1090. The molecule has 0 unspecified atom stereocenters. The second-order valence-corrected chi connectivity index (χ2v) is 7.98. The Balaban J connectivity index is 1.62. The van der Waals surface area contributed by atoms with E-state index in [1.54, 1.807) is 6.92 Å². The number of ketones is 1. The minimum atomic E-state index is 0.0253. The second kappa shape index (κ2) is 8.79. The van der Waals surface area contributed by atoms with E-state index in [9.17, 15) is 4.79 Å². The Morgan fingerprint density at radius 3 is 2.10 bits per heavy atom. The summed E-state index contributed by atoms with van der Waals surface area (Å²) in [7, 11) is 0. The number of hydrogen-bond donors (Lipinski definition) is 0. The molecule has 0 spiro atoms. The minimum absolute atomic E-state index is 0.0253. The zero-order chi connectivity index (χ0) is 21.1. The minimum Gasteiger partial charge on any atom is -0.368 e. The molecule has 0 aliphatic carbocycles. The van der Waals surface area contributed by atoms with Gasteiger partial charge in [-0.3, -0.25) is 4.79 Å². The van der Waals surface area contributed by atoms with Crippen molar-refractivity contribution in [2.24, 2.45) is 0 Å². The molecule has 0 atom stereocenters. The largest absolute Gasteiger partial charge is 0.368 e. The Hall–Kier alpha value is -2.99. The second-order valence-electron chi connectivity index (χ2n) is 7.62. The molecule has 3 aromatic rings. The molecule has 6 heteroatoms. The molecule has 1 saturated heterocycles. The molecule has 1 aliphatic rings. The zero-order valence-electron chi connectivity index (χ0n) is 17.4. The van der Waals surface area contributed by atoms with Gasteiger partial charge in [0.15, 0.2) is 5.78 Å². The van der Waals surface area contributed by atoms with Crippen LogP contribution in [-0.2, 0) is 6.54 Å². The molecule has 154 valence electrons. The molecule has 0 saturated carbocycles. The van der Waals surface area contributed by atoms with Crippen LogP contribution in [0.3, 0.4) is 0 Å². The van der Waals surface area contributed by atoms with Gasteiger partial charge in [-0.05, 0) is 43.8 Å². The van der Waals surface area contributed by atoms with Gasteiger partial charge in [-0.1, -0.05) is 48.5 Å². The fourth-order valence-corrected chi connectivity index (χ4v) is 4.34. The van der Waals surface area contributed by atoms with Crippen LogP contribution in [0.4, 0.5) is 11.5 Å². The number of carbonyl (C=O) groups excluding carboxylic acids is 1. The molecule has 4 rings (SSSR count). The fourth-order valence-electron chi connectivity index (χ4n) is 4.06. The van der Waals surface area contributed by atoms with Crippen molar-refractivity contribution in [3.63, 3.8) is 0 Å². The van der Waals surface area contributed by atoms with Crippen molar-refractivity contribution < 1.29 is 4.79 Å². The third-order valence-electron chi connectivity index (χ3n) is 5.66. The number of benzene rings is 2. The van der Waals surface area contributed by atoms with Gasteiger partial charge in [0.1, 0.15) is 5.82 Å². The highest BCUT2D eigenvalue weighted by atomic mass is 32.1. The smallest absolute Gasteiger partial charge is 0.201 e. The first kappa shape index (κ1) is 20.3. The van der Waals surface area contributed by atoms with E-state index in [0.717, 1.165) is 43.3 Å². The van der Waals surface area contributed by atoms with E-state index < -0.39 is 0 Å². The van der Waals surface area contributed by atoms with Crippen LogP contribution in [0.25, 0.3) is 0 Å². The summed E-state index contributed by atoms with van der Waals surface area (Å²) in [6, 6.07) is 20.6. The Labute approximate surface area is 182 Å². The number of nitrogens with zero attached hydrogens (tertiary/aromatic N) is 4. The highest BCUT2D eigenvalue weighted by Crippen LogP contribution is 2.26. The highest BCUT2D eigenvalue weighted by Gasteiger charge is 2.25. The summed E-state index contributed by atoms with van der Waals surface area (Å²) in [6.07, 6.45) is 0. The van der Waals surface area contributed by atoms with Gasteiger partial charge in [0, 0.05) is 37.6 Å². The van der Waals surface area contributed by atoms with Crippen molar-refractivity contribution in [2.45, 2.75) is 20.4 Å². The van der Waals surface area contributed by atoms with E-state index in [1.807, 2.05) is 35.8 Å². The van der Waals surface area contributed by atoms with E-state index in [0.29, 0.717) is 16.9 Å². The van der Waals surface area contributed by atoms with Crippen molar-refractivity contribution in [3.8, 4) is 0 Å². The lowest BCUT2D eigenvalue weighted by Gasteiger charge is -2.37. The van der Waals surface area contributed by atoms with Gasteiger partial charge in [-0.25, -0.2) is 4.98 Å². The number of aromatic nitrogens is 2. The van der Waals surface area contributed by atoms with Crippen LogP contribution in [0, 0.1) is 11.7 Å². The summed E-state index contributed by atoms with van der Waals surface area (Å²) < 4.78 is 2.48. The molecule has 5 nitrogen and oxygen atoms in total. The summed E-state index contributed by atoms with van der Waals surface area (Å²) in [5.74, 6) is 0.749. The lowest BCUT2D eigenvalue weighted by molar-refractivity contribution is 0.101. The molecule has 0 amide bonds. The van der Waals surface area contributed by atoms with Crippen LogP contribution in [0.2, 0.25) is 0 Å². The van der Waals surface area contributed by atoms with E-state index in [4.69, 9.17) is 17.2 Å². The third-order valence-corrected chi connectivity index (χ3v) is 5.97. The summed E-state index contributed by atoms with van der Waals surface area (Å²) in [4.78, 5) is 21.9. The predicted molar refractivity (Wildman–Crippen MR) is 124 cm³/mol. The molecular weight excluding hydrogens is 392 g/mol. The normalized spacial score (nSPS) is 14.1. The average Bonchev–Trinajstić information content (AvgIpc) is 2.77. The molecule has 0 radical (unpaired) electrons. The topological polar surface area (TPSA) is 41.4 Å². The van der Waals surface area contributed by atoms with Crippen molar-refractivity contribution in [1.82, 2.24) is 9.55 Å². The number of rotatable bonds is 5. The third kappa shape index (κ3) is 4.14. The SMILES string of the molecule is CC(=O)c1c(N2CCN(c3ccccc3)CC2)nc(=S)n(Cc2ccccc2)c1C. The molecule has 1 fully saturated rings. The van der Waals surface area contributed by atoms with Crippen LogP contribution in [-0.4, -0.2) is 41.5 Å². The molecule has 2 aromatic carbocycles. The standard InChI is InChI=1S/C24H26N4OS/c1-18-22(19(2)29)23(25-24(30)28(18)17-20-9-5-3-6-10-20)27-15-13-26(14-16-27)21-11-7-4-8-12-21/h3-12H,13-17H2,1-2H3. The van der Waals surface area contributed by atoms with E-state index in [1.165, 1.54) is 5.69 Å². The summed E-state index contributed by atoms with van der Waals surface area (Å²) >= 11 is 5.64. The molecular formula is C24H26N4OS. The lowest BCUT2D eigenvalue weighted by atomic mass is 10.1. The molecule has 1 aromatic heterocycles. The maximum atomic E-state index is 12.6. The van der Waals surface area contributed by atoms with Gasteiger partial charge in [-0.15, -0.1) is 0 Å². The van der Waals surface area contributed by atoms with Gasteiger partial charge >= 0.3 is 0 Å². The van der Waals surface area contributed by atoms with Gasteiger partial charge in [-0.2, -0.15) is 0 Å². The zero-order valence-corrected chi connectivity index (χ0v) is 18.2.